The molecule has 1 aliphatic rings. The molecular formula is C18H14O5. The molecule has 0 N–H and O–H groups in total. The first-order valence-corrected chi connectivity index (χ1v) is 7.10. The molecule has 116 valence electrons. The molecule has 3 rings (SSSR count). The second kappa shape index (κ2) is 6.04. The molecule has 0 spiro atoms. The van der Waals surface area contributed by atoms with Crippen LogP contribution in [0.2, 0.25) is 0 Å². The molecule has 0 aromatic heterocycles. The third kappa shape index (κ3) is 2.73. The highest BCUT2D eigenvalue weighted by molar-refractivity contribution is 6.30. The average molecular weight is 310 g/mol. The summed E-state index contributed by atoms with van der Waals surface area (Å²) in [6.07, 6.45) is -1.40. The highest BCUT2D eigenvalue weighted by atomic mass is 16.5. The van der Waals surface area contributed by atoms with Crippen molar-refractivity contribution < 1.29 is 23.9 Å². The molecule has 1 unspecified atom stereocenters. The Morgan fingerprint density at radius 2 is 1.78 bits per heavy atom. The minimum Gasteiger partial charge on any atom is -0.488 e. The number of benzene rings is 2. The average Bonchev–Trinajstić information content (AvgIpc) is 2.80. The Morgan fingerprint density at radius 3 is 2.48 bits per heavy atom. The summed E-state index contributed by atoms with van der Waals surface area (Å²) in [5.74, 6) is -0.743. The van der Waals surface area contributed by atoms with Crippen molar-refractivity contribution in [2.24, 2.45) is 0 Å². The Morgan fingerprint density at radius 1 is 1.04 bits per heavy atom. The van der Waals surface area contributed by atoms with E-state index in [0.29, 0.717) is 5.75 Å². The third-order valence-electron chi connectivity index (χ3n) is 3.72. The lowest BCUT2D eigenvalue weighted by Gasteiger charge is -2.10. The predicted molar refractivity (Wildman–Crippen MR) is 81.6 cm³/mol. The van der Waals surface area contributed by atoms with Crippen LogP contribution in [0.4, 0.5) is 0 Å². The van der Waals surface area contributed by atoms with E-state index in [1.165, 1.54) is 6.07 Å². The summed E-state index contributed by atoms with van der Waals surface area (Å²) in [6.45, 7) is 2.38. The van der Waals surface area contributed by atoms with Crippen molar-refractivity contribution in [1.29, 1.82) is 0 Å². The maximum Gasteiger partial charge on any atom is 0.294 e. The molecule has 2 aromatic rings. The fourth-order valence-electron chi connectivity index (χ4n) is 2.53. The Bertz CT molecular complexity index is 776. The van der Waals surface area contributed by atoms with Gasteiger partial charge >= 0.3 is 0 Å². The summed E-state index contributed by atoms with van der Waals surface area (Å²) in [5, 5.41) is 0. The Balaban J connectivity index is 1.86. The maximum absolute atomic E-state index is 12.3. The van der Waals surface area contributed by atoms with Gasteiger partial charge in [0.2, 0.25) is 17.7 Å². The van der Waals surface area contributed by atoms with Crippen LogP contribution in [0.1, 0.15) is 31.8 Å². The number of rotatable bonds is 5. The normalized spacial score (nSPS) is 16.1. The first-order valence-electron chi connectivity index (χ1n) is 7.10. The summed E-state index contributed by atoms with van der Waals surface area (Å²) in [6, 6.07) is 12.6. The van der Waals surface area contributed by atoms with Crippen LogP contribution < -0.4 is 4.74 Å². The van der Waals surface area contributed by atoms with Gasteiger partial charge < -0.3 is 9.47 Å². The predicted octanol–water partition coefficient (Wildman–Crippen LogP) is 2.49. The van der Waals surface area contributed by atoms with Crippen LogP contribution in [-0.4, -0.2) is 24.1 Å². The molecule has 0 aliphatic heterocycles. The third-order valence-corrected chi connectivity index (χ3v) is 3.72. The lowest BCUT2D eigenvalue weighted by molar-refractivity contribution is -0.130. The molecule has 5 heteroatoms. The lowest BCUT2D eigenvalue weighted by Crippen LogP contribution is -2.25. The highest BCUT2D eigenvalue weighted by Crippen LogP contribution is 2.32. The van der Waals surface area contributed by atoms with E-state index in [1.807, 2.05) is 31.2 Å². The molecule has 0 saturated heterocycles. The SMILES string of the molecule is Cc1ccc(COc2cccc3c2C(=O)C(OC=O)C3=O)cc1. The number of ketones is 2. The molecule has 2 aromatic carbocycles. The van der Waals surface area contributed by atoms with E-state index in [9.17, 15) is 14.4 Å². The maximum atomic E-state index is 12.3. The van der Waals surface area contributed by atoms with Gasteiger partial charge in [0.15, 0.2) is 0 Å². The molecular weight excluding hydrogens is 296 g/mol. The fraction of sp³-hybridized carbons (Fsp3) is 0.167. The quantitative estimate of drug-likeness (QED) is 0.627. The summed E-state index contributed by atoms with van der Waals surface area (Å²) in [7, 11) is 0. The van der Waals surface area contributed by atoms with E-state index < -0.39 is 17.7 Å². The number of aryl methyl sites for hydroxylation is 1. The summed E-state index contributed by atoms with van der Waals surface area (Å²) in [4.78, 5) is 34.9. The van der Waals surface area contributed by atoms with Gasteiger partial charge in [-0.1, -0.05) is 42.0 Å². The molecule has 23 heavy (non-hydrogen) atoms. The first-order chi connectivity index (χ1) is 11.1. The molecule has 0 radical (unpaired) electrons. The summed E-state index contributed by atoms with van der Waals surface area (Å²) >= 11 is 0. The van der Waals surface area contributed by atoms with Crippen molar-refractivity contribution in [3.8, 4) is 5.75 Å². The number of carbonyl (C=O) groups excluding carboxylic acids is 3. The van der Waals surface area contributed by atoms with Crippen molar-refractivity contribution in [1.82, 2.24) is 0 Å². The highest BCUT2D eigenvalue weighted by Gasteiger charge is 2.42. The smallest absolute Gasteiger partial charge is 0.294 e. The largest absolute Gasteiger partial charge is 0.488 e. The van der Waals surface area contributed by atoms with Crippen molar-refractivity contribution in [2.45, 2.75) is 19.6 Å². The van der Waals surface area contributed by atoms with Crippen molar-refractivity contribution in [3.63, 3.8) is 0 Å². The Labute approximate surface area is 132 Å². The van der Waals surface area contributed by atoms with Gasteiger partial charge in [0.1, 0.15) is 12.4 Å². The number of fused-ring (bicyclic) bond motifs is 1. The minimum absolute atomic E-state index is 0.110. The molecule has 5 nitrogen and oxygen atoms in total. The van der Waals surface area contributed by atoms with Crippen molar-refractivity contribution in [2.75, 3.05) is 0 Å². The van der Waals surface area contributed by atoms with Gasteiger partial charge in [-0.15, -0.1) is 0 Å². The van der Waals surface area contributed by atoms with Crippen LogP contribution in [0, 0.1) is 6.92 Å². The van der Waals surface area contributed by atoms with Crippen LogP contribution in [0.3, 0.4) is 0 Å². The number of hydrogen-bond acceptors (Lipinski definition) is 5. The van der Waals surface area contributed by atoms with Crippen LogP contribution in [0.15, 0.2) is 42.5 Å². The zero-order chi connectivity index (χ0) is 16.4. The summed E-state index contributed by atoms with van der Waals surface area (Å²) < 4.78 is 10.3. The topological polar surface area (TPSA) is 69.7 Å². The van der Waals surface area contributed by atoms with Gasteiger partial charge in [0.25, 0.3) is 6.47 Å². The number of ether oxygens (including phenoxy) is 2. The standard InChI is InChI=1S/C18H14O5/c1-11-5-7-12(8-6-11)9-22-14-4-2-3-13-15(14)17(21)18(16(13)20)23-10-19/h2-8,10,18H,9H2,1H3. The zero-order valence-electron chi connectivity index (χ0n) is 12.4. The fourth-order valence-corrected chi connectivity index (χ4v) is 2.53. The molecule has 0 saturated carbocycles. The lowest BCUT2D eigenvalue weighted by atomic mass is 10.1. The van der Waals surface area contributed by atoms with Crippen molar-refractivity contribution in [3.05, 3.63) is 64.7 Å². The van der Waals surface area contributed by atoms with Gasteiger partial charge in [-0.3, -0.25) is 14.4 Å². The zero-order valence-corrected chi connectivity index (χ0v) is 12.4. The number of Topliss-reactive ketones (excluding diaryl/α,β-unsaturated/α-hetero) is 2. The monoisotopic (exact) mass is 310 g/mol. The van der Waals surface area contributed by atoms with E-state index in [1.54, 1.807) is 12.1 Å². The van der Waals surface area contributed by atoms with Crippen LogP contribution in [0.5, 0.6) is 5.75 Å². The van der Waals surface area contributed by atoms with Gasteiger partial charge in [0, 0.05) is 5.56 Å². The van der Waals surface area contributed by atoms with E-state index in [-0.39, 0.29) is 24.2 Å². The van der Waals surface area contributed by atoms with E-state index >= 15 is 0 Å². The second-order valence-electron chi connectivity index (χ2n) is 5.29. The Kier molecular flexibility index (Phi) is 3.93. The minimum atomic E-state index is -1.40. The second-order valence-corrected chi connectivity index (χ2v) is 5.29. The van der Waals surface area contributed by atoms with Crippen molar-refractivity contribution >= 4 is 18.0 Å². The summed E-state index contributed by atoms with van der Waals surface area (Å²) in [5.41, 5.74) is 2.49. The van der Waals surface area contributed by atoms with Gasteiger partial charge in [-0.2, -0.15) is 0 Å². The first kappa shape index (κ1) is 15.0. The van der Waals surface area contributed by atoms with E-state index in [4.69, 9.17) is 4.74 Å². The van der Waals surface area contributed by atoms with Gasteiger partial charge in [-0.25, -0.2) is 0 Å². The molecule has 0 heterocycles. The molecule has 0 amide bonds. The Hall–Kier alpha value is -2.95. The van der Waals surface area contributed by atoms with Crippen LogP contribution in [-0.2, 0) is 16.1 Å². The number of carbonyl (C=O) groups is 3. The van der Waals surface area contributed by atoms with Crippen LogP contribution in [0.25, 0.3) is 0 Å². The molecule has 0 fully saturated rings. The van der Waals surface area contributed by atoms with Gasteiger partial charge in [0.05, 0.1) is 5.56 Å². The molecule has 1 atom stereocenters. The van der Waals surface area contributed by atoms with E-state index in [0.717, 1.165) is 11.1 Å². The number of hydrogen-bond donors (Lipinski definition) is 0. The molecule has 1 aliphatic carbocycles. The van der Waals surface area contributed by atoms with Gasteiger partial charge in [-0.05, 0) is 18.6 Å². The van der Waals surface area contributed by atoms with Crippen LogP contribution >= 0.6 is 0 Å². The van der Waals surface area contributed by atoms with E-state index in [2.05, 4.69) is 4.74 Å². The molecule has 0 bridgehead atoms.